The Hall–Kier alpha value is -0.0400. The van der Waals surface area contributed by atoms with Crippen LogP contribution in [0.5, 0.6) is 0 Å². The van der Waals surface area contributed by atoms with Crippen LogP contribution in [0.1, 0.15) is 19.3 Å². The van der Waals surface area contributed by atoms with Crippen LogP contribution in [-0.2, 0) is 0 Å². The molecule has 0 aromatic heterocycles. The molecule has 7 heavy (non-hydrogen) atoms. The lowest BCUT2D eigenvalue weighted by molar-refractivity contribution is 0.159. The minimum atomic E-state index is 0.0880. The fraction of sp³-hybridized carbons (Fsp3) is 1.00. The number of aliphatic hydroxyl groups excluding tert-OH is 1. The summed E-state index contributed by atoms with van der Waals surface area (Å²) in [7, 11) is 0. The Bertz CT molecular complexity index is 90.2. The van der Waals surface area contributed by atoms with E-state index in [1.165, 1.54) is 12.8 Å². The molecule has 40 valence electrons. The molecule has 2 aliphatic rings. The average molecular weight is 98.1 g/mol. The zero-order valence-electron chi connectivity index (χ0n) is 4.30. The molecule has 0 heterocycles. The van der Waals surface area contributed by atoms with Gasteiger partial charge in [-0.1, -0.05) is 0 Å². The summed E-state index contributed by atoms with van der Waals surface area (Å²) in [5.41, 5.74) is 0. The second-order valence-electron chi connectivity index (χ2n) is 2.80. The number of aliphatic hydroxyl groups is 1. The SMILES string of the molecule is O[C@H]1CC[C@@H]2CC21. The molecule has 0 aromatic rings. The van der Waals surface area contributed by atoms with Crippen molar-refractivity contribution in [2.45, 2.75) is 25.4 Å². The van der Waals surface area contributed by atoms with E-state index in [4.69, 9.17) is 5.11 Å². The van der Waals surface area contributed by atoms with Gasteiger partial charge in [0.15, 0.2) is 0 Å². The van der Waals surface area contributed by atoms with Crippen LogP contribution >= 0.6 is 0 Å². The quantitative estimate of drug-likeness (QED) is 0.474. The summed E-state index contributed by atoms with van der Waals surface area (Å²) in [5.74, 6) is 1.68. The molecular weight excluding hydrogens is 88.1 g/mol. The number of fused-ring (bicyclic) bond motifs is 1. The van der Waals surface area contributed by atoms with Gasteiger partial charge in [-0.3, -0.25) is 0 Å². The molecule has 1 N–H and O–H groups in total. The van der Waals surface area contributed by atoms with Gasteiger partial charge < -0.3 is 5.11 Å². The van der Waals surface area contributed by atoms with Crippen molar-refractivity contribution >= 4 is 0 Å². The van der Waals surface area contributed by atoms with Gasteiger partial charge in [-0.25, -0.2) is 0 Å². The number of hydrogen-bond donors (Lipinski definition) is 1. The van der Waals surface area contributed by atoms with Crippen molar-refractivity contribution in [3.8, 4) is 0 Å². The van der Waals surface area contributed by atoms with Crippen molar-refractivity contribution in [2.24, 2.45) is 11.8 Å². The lowest BCUT2D eigenvalue weighted by Crippen LogP contribution is -2.02. The average Bonchev–Trinajstić information content (AvgIpc) is 2.33. The van der Waals surface area contributed by atoms with Crippen molar-refractivity contribution in [2.75, 3.05) is 0 Å². The smallest absolute Gasteiger partial charge is 0.0571 e. The largest absolute Gasteiger partial charge is 0.393 e. The zero-order valence-corrected chi connectivity index (χ0v) is 4.30. The van der Waals surface area contributed by atoms with Crippen LogP contribution in [0.4, 0.5) is 0 Å². The molecule has 3 atom stereocenters. The Labute approximate surface area is 43.3 Å². The molecule has 2 aliphatic carbocycles. The summed E-state index contributed by atoms with van der Waals surface area (Å²) in [6, 6.07) is 0. The van der Waals surface area contributed by atoms with Crippen molar-refractivity contribution in [3.05, 3.63) is 0 Å². The van der Waals surface area contributed by atoms with Crippen LogP contribution in [0.3, 0.4) is 0 Å². The molecular formula is C6H10O. The third kappa shape index (κ3) is 0.418. The monoisotopic (exact) mass is 98.1 g/mol. The molecule has 0 radical (unpaired) electrons. The van der Waals surface area contributed by atoms with Gasteiger partial charge in [-0.05, 0) is 31.1 Å². The van der Waals surface area contributed by atoms with E-state index in [0.29, 0.717) is 0 Å². The molecule has 2 saturated carbocycles. The van der Waals surface area contributed by atoms with Crippen molar-refractivity contribution in [3.63, 3.8) is 0 Å². The molecule has 0 aromatic carbocycles. The first-order valence-corrected chi connectivity index (χ1v) is 3.06. The van der Waals surface area contributed by atoms with Crippen molar-refractivity contribution in [1.82, 2.24) is 0 Å². The molecule has 1 heteroatoms. The normalized spacial score (nSPS) is 57.0. The fourth-order valence-electron chi connectivity index (χ4n) is 1.67. The highest BCUT2D eigenvalue weighted by molar-refractivity contribution is 4.97. The summed E-state index contributed by atoms with van der Waals surface area (Å²) in [6.45, 7) is 0. The van der Waals surface area contributed by atoms with Crippen LogP contribution in [0.15, 0.2) is 0 Å². The number of rotatable bonds is 0. The van der Waals surface area contributed by atoms with Crippen LogP contribution < -0.4 is 0 Å². The van der Waals surface area contributed by atoms with E-state index in [1.807, 2.05) is 0 Å². The van der Waals surface area contributed by atoms with E-state index in [-0.39, 0.29) is 6.10 Å². The maximum absolute atomic E-state index is 9.04. The van der Waals surface area contributed by atoms with Crippen molar-refractivity contribution in [1.29, 1.82) is 0 Å². The predicted octanol–water partition coefficient (Wildman–Crippen LogP) is 0.777. The summed E-state index contributed by atoms with van der Waals surface area (Å²) in [4.78, 5) is 0. The van der Waals surface area contributed by atoms with Gasteiger partial charge in [0.05, 0.1) is 6.10 Å². The molecule has 0 amide bonds. The van der Waals surface area contributed by atoms with Gasteiger partial charge >= 0.3 is 0 Å². The molecule has 1 nitrogen and oxygen atoms in total. The minimum absolute atomic E-state index is 0.0880. The molecule has 2 fully saturated rings. The van der Waals surface area contributed by atoms with E-state index in [9.17, 15) is 0 Å². The lowest BCUT2D eigenvalue weighted by atomic mass is 10.2. The Kier molecular flexibility index (Phi) is 0.571. The van der Waals surface area contributed by atoms with E-state index in [1.54, 1.807) is 0 Å². The maximum Gasteiger partial charge on any atom is 0.0571 e. The topological polar surface area (TPSA) is 20.2 Å². The minimum Gasteiger partial charge on any atom is -0.393 e. The Morgan fingerprint density at radius 3 is 2.29 bits per heavy atom. The first kappa shape index (κ1) is 3.90. The van der Waals surface area contributed by atoms with Gasteiger partial charge in [-0.2, -0.15) is 0 Å². The van der Waals surface area contributed by atoms with Crippen LogP contribution in [0.2, 0.25) is 0 Å². The van der Waals surface area contributed by atoms with E-state index >= 15 is 0 Å². The highest BCUT2D eigenvalue weighted by Gasteiger charge is 2.47. The summed E-state index contributed by atoms with van der Waals surface area (Å²) in [5, 5.41) is 9.04. The molecule has 1 unspecified atom stereocenters. The molecule has 0 spiro atoms. The van der Waals surface area contributed by atoms with E-state index < -0.39 is 0 Å². The van der Waals surface area contributed by atoms with Gasteiger partial charge in [0.1, 0.15) is 0 Å². The summed E-state index contributed by atoms with van der Waals surface area (Å²) in [6.07, 6.45) is 3.78. The molecule has 0 bridgehead atoms. The van der Waals surface area contributed by atoms with Crippen molar-refractivity contribution < 1.29 is 5.11 Å². The third-order valence-corrected chi connectivity index (χ3v) is 2.30. The Morgan fingerprint density at radius 1 is 1.29 bits per heavy atom. The lowest BCUT2D eigenvalue weighted by Gasteiger charge is -1.97. The highest BCUT2D eigenvalue weighted by atomic mass is 16.3. The summed E-state index contributed by atoms with van der Waals surface area (Å²) < 4.78 is 0. The molecule has 0 aliphatic heterocycles. The van der Waals surface area contributed by atoms with Crippen LogP contribution in [-0.4, -0.2) is 11.2 Å². The summed E-state index contributed by atoms with van der Waals surface area (Å²) >= 11 is 0. The zero-order chi connectivity index (χ0) is 4.85. The van der Waals surface area contributed by atoms with Gasteiger partial charge in [0, 0.05) is 0 Å². The van der Waals surface area contributed by atoms with Crippen LogP contribution in [0.25, 0.3) is 0 Å². The van der Waals surface area contributed by atoms with E-state index in [2.05, 4.69) is 0 Å². The molecule has 2 rings (SSSR count). The second-order valence-corrected chi connectivity index (χ2v) is 2.80. The van der Waals surface area contributed by atoms with Gasteiger partial charge in [0.2, 0.25) is 0 Å². The Balaban J connectivity index is 2.08. The third-order valence-electron chi connectivity index (χ3n) is 2.30. The van der Waals surface area contributed by atoms with E-state index in [0.717, 1.165) is 18.3 Å². The highest BCUT2D eigenvalue weighted by Crippen LogP contribution is 2.51. The Morgan fingerprint density at radius 2 is 2.14 bits per heavy atom. The van der Waals surface area contributed by atoms with Gasteiger partial charge in [0.25, 0.3) is 0 Å². The maximum atomic E-state index is 9.04. The first-order chi connectivity index (χ1) is 3.38. The molecule has 0 saturated heterocycles. The second kappa shape index (κ2) is 1.03. The fourth-order valence-corrected chi connectivity index (χ4v) is 1.67. The van der Waals surface area contributed by atoms with Crippen LogP contribution in [0, 0.1) is 11.8 Å². The predicted molar refractivity (Wildman–Crippen MR) is 26.8 cm³/mol. The van der Waals surface area contributed by atoms with Gasteiger partial charge in [-0.15, -0.1) is 0 Å². The standard InChI is InChI=1S/C6H10O/c7-6-2-1-4-3-5(4)6/h4-7H,1-3H2/t4-,5?,6+/m1/s1. The first-order valence-electron chi connectivity index (χ1n) is 3.06. The number of hydrogen-bond acceptors (Lipinski definition) is 1.